The fourth-order valence-corrected chi connectivity index (χ4v) is 1.50. The Kier molecular flexibility index (Phi) is 2.63. The van der Waals surface area contributed by atoms with E-state index in [-0.39, 0.29) is 5.69 Å². The minimum Gasteiger partial charge on any atom is -0.476 e. The van der Waals surface area contributed by atoms with Gasteiger partial charge in [0, 0.05) is 6.20 Å². The maximum atomic E-state index is 10.7. The van der Waals surface area contributed by atoms with Crippen molar-refractivity contribution in [2.24, 2.45) is 0 Å². The lowest BCUT2D eigenvalue weighted by Gasteiger charge is -2.04. The topological polar surface area (TPSA) is 78.9 Å². The van der Waals surface area contributed by atoms with Crippen LogP contribution in [0.3, 0.4) is 0 Å². The number of aryl methyl sites for hydroxylation is 1. The van der Waals surface area contributed by atoms with Crippen LogP contribution in [0.25, 0.3) is 5.69 Å². The van der Waals surface area contributed by atoms with Crippen LogP contribution in [0.15, 0.2) is 30.5 Å². The van der Waals surface area contributed by atoms with Gasteiger partial charge in [-0.25, -0.2) is 9.48 Å². The van der Waals surface area contributed by atoms with Crippen LogP contribution in [0.4, 0.5) is 0 Å². The van der Waals surface area contributed by atoms with Crippen molar-refractivity contribution < 1.29 is 9.90 Å². The molecule has 1 aromatic carbocycles. The van der Waals surface area contributed by atoms with Gasteiger partial charge in [0.15, 0.2) is 5.69 Å². The van der Waals surface area contributed by atoms with E-state index in [2.05, 4.69) is 11.2 Å². The van der Waals surface area contributed by atoms with Crippen molar-refractivity contribution in [3.8, 4) is 11.8 Å². The largest absolute Gasteiger partial charge is 0.476 e. The highest BCUT2D eigenvalue weighted by Crippen LogP contribution is 2.15. The fraction of sp³-hybridized carbons (Fsp3) is 0.0833. The highest BCUT2D eigenvalue weighted by Gasteiger charge is 2.10. The second-order valence-electron chi connectivity index (χ2n) is 3.58. The zero-order valence-corrected chi connectivity index (χ0v) is 9.08. The predicted octanol–water partition coefficient (Wildman–Crippen LogP) is 1.75. The Hall–Kier alpha value is -2.61. The Bertz CT molecular complexity index is 623. The molecule has 0 fully saturated rings. The van der Waals surface area contributed by atoms with Gasteiger partial charge in [-0.05, 0) is 30.7 Å². The van der Waals surface area contributed by atoms with E-state index in [1.54, 1.807) is 12.1 Å². The number of aromatic carboxylic acids is 1. The summed E-state index contributed by atoms with van der Waals surface area (Å²) in [6.45, 7) is 1.90. The molecular formula is C12H9N3O2. The van der Waals surface area contributed by atoms with Crippen molar-refractivity contribution in [2.75, 3.05) is 0 Å². The van der Waals surface area contributed by atoms with Gasteiger partial charge in [-0.2, -0.15) is 10.4 Å². The molecule has 1 N–H and O–H groups in total. The lowest BCUT2D eigenvalue weighted by Crippen LogP contribution is -2.02. The Balaban J connectivity index is 2.56. The van der Waals surface area contributed by atoms with Crippen molar-refractivity contribution in [2.45, 2.75) is 6.92 Å². The van der Waals surface area contributed by atoms with Gasteiger partial charge in [0.05, 0.1) is 11.3 Å². The Morgan fingerprint density at radius 3 is 2.82 bits per heavy atom. The van der Waals surface area contributed by atoms with Gasteiger partial charge in [-0.15, -0.1) is 0 Å². The standard InChI is InChI=1S/C12H9N3O2/c1-8-2-3-9(7-13)11(6-8)15-5-4-10(14-15)12(16)17/h2-6H,1H3,(H,16,17). The number of aromatic nitrogens is 2. The number of carboxylic acid groups (broad SMARTS) is 1. The smallest absolute Gasteiger partial charge is 0.356 e. The summed E-state index contributed by atoms with van der Waals surface area (Å²) < 4.78 is 1.40. The third kappa shape index (κ3) is 2.01. The maximum absolute atomic E-state index is 10.7. The molecule has 0 bridgehead atoms. The Morgan fingerprint density at radius 1 is 1.47 bits per heavy atom. The molecule has 0 aliphatic carbocycles. The monoisotopic (exact) mass is 227 g/mol. The van der Waals surface area contributed by atoms with E-state index in [4.69, 9.17) is 10.4 Å². The molecule has 17 heavy (non-hydrogen) atoms. The maximum Gasteiger partial charge on any atom is 0.356 e. The molecule has 1 aromatic heterocycles. The summed E-state index contributed by atoms with van der Waals surface area (Å²) in [7, 11) is 0. The zero-order valence-electron chi connectivity index (χ0n) is 9.08. The normalized spacial score (nSPS) is 9.88. The molecule has 0 spiro atoms. The summed E-state index contributed by atoms with van der Waals surface area (Å²) in [6, 6.07) is 8.75. The molecule has 0 saturated carbocycles. The van der Waals surface area contributed by atoms with E-state index in [0.717, 1.165) is 5.56 Å². The second kappa shape index (κ2) is 4.10. The van der Waals surface area contributed by atoms with E-state index in [1.165, 1.54) is 16.9 Å². The van der Waals surface area contributed by atoms with Gasteiger partial charge >= 0.3 is 5.97 Å². The molecule has 0 aliphatic rings. The van der Waals surface area contributed by atoms with Gasteiger partial charge in [0.1, 0.15) is 6.07 Å². The van der Waals surface area contributed by atoms with Gasteiger partial charge in [-0.3, -0.25) is 0 Å². The average Bonchev–Trinajstić information content (AvgIpc) is 2.78. The molecule has 5 heteroatoms. The molecule has 0 saturated heterocycles. The van der Waals surface area contributed by atoms with Crippen molar-refractivity contribution in [1.29, 1.82) is 5.26 Å². The molecule has 84 valence electrons. The number of nitriles is 1. The number of hydrogen-bond acceptors (Lipinski definition) is 3. The molecule has 0 radical (unpaired) electrons. The third-order valence-electron chi connectivity index (χ3n) is 2.33. The summed E-state index contributed by atoms with van der Waals surface area (Å²) in [5, 5.41) is 21.7. The zero-order chi connectivity index (χ0) is 12.4. The van der Waals surface area contributed by atoms with Crippen LogP contribution >= 0.6 is 0 Å². The number of nitrogens with zero attached hydrogens (tertiary/aromatic N) is 3. The minimum atomic E-state index is -1.09. The van der Waals surface area contributed by atoms with Crippen LogP contribution in [0.1, 0.15) is 21.6 Å². The first-order chi connectivity index (χ1) is 8.11. The van der Waals surface area contributed by atoms with E-state index >= 15 is 0 Å². The van der Waals surface area contributed by atoms with Crippen LogP contribution in [-0.2, 0) is 0 Å². The molecule has 0 atom stereocenters. The summed E-state index contributed by atoms with van der Waals surface area (Å²) in [5.41, 5.74) is 1.97. The van der Waals surface area contributed by atoms with Gasteiger partial charge in [-0.1, -0.05) is 6.07 Å². The molecular weight excluding hydrogens is 218 g/mol. The van der Waals surface area contributed by atoms with E-state index in [9.17, 15) is 4.79 Å². The quantitative estimate of drug-likeness (QED) is 0.847. The summed E-state index contributed by atoms with van der Waals surface area (Å²) >= 11 is 0. The molecule has 1 heterocycles. The van der Waals surface area contributed by atoms with Crippen LogP contribution in [-0.4, -0.2) is 20.9 Å². The number of rotatable bonds is 2. The Labute approximate surface area is 97.5 Å². The summed E-state index contributed by atoms with van der Waals surface area (Å²) in [6.07, 6.45) is 1.53. The Morgan fingerprint density at radius 2 is 2.24 bits per heavy atom. The number of carboxylic acids is 1. The lowest BCUT2D eigenvalue weighted by atomic mass is 10.1. The average molecular weight is 227 g/mol. The predicted molar refractivity (Wildman–Crippen MR) is 60.0 cm³/mol. The number of carbonyl (C=O) groups is 1. The third-order valence-corrected chi connectivity index (χ3v) is 2.33. The fourth-order valence-electron chi connectivity index (χ4n) is 1.50. The summed E-state index contributed by atoms with van der Waals surface area (Å²) in [5.74, 6) is -1.09. The van der Waals surface area contributed by atoms with Crippen molar-refractivity contribution >= 4 is 5.97 Å². The van der Waals surface area contributed by atoms with Crippen LogP contribution in [0.5, 0.6) is 0 Å². The highest BCUT2D eigenvalue weighted by molar-refractivity contribution is 5.85. The number of benzene rings is 1. The second-order valence-corrected chi connectivity index (χ2v) is 3.58. The van der Waals surface area contributed by atoms with Crippen molar-refractivity contribution in [1.82, 2.24) is 9.78 Å². The van der Waals surface area contributed by atoms with E-state index in [1.807, 2.05) is 13.0 Å². The molecule has 5 nitrogen and oxygen atoms in total. The van der Waals surface area contributed by atoms with Crippen molar-refractivity contribution in [3.63, 3.8) is 0 Å². The first-order valence-corrected chi connectivity index (χ1v) is 4.92. The SMILES string of the molecule is Cc1ccc(C#N)c(-n2ccc(C(=O)O)n2)c1. The summed E-state index contributed by atoms with van der Waals surface area (Å²) in [4.78, 5) is 10.7. The lowest BCUT2D eigenvalue weighted by molar-refractivity contribution is 0.0690. The van der Waals surface area contributed by atoms with Gasteiger partial charge < -0.3 is 5.11 Å². The van der Waals surface area contributed by atoms with E-state index in [0.29, 0.717) is 11.3 Å². The van der Waals surface area contributed by atoms with Crippen molar-refractivity contribution in [3.05, 3.63) is 47.3 Å². The molecule has 2 aromatic rings. The van der Waals surface area contributed by atoms with Gasteiger partial charge in [0.2, 0.25) is 0 Å². The first-order valence-electron chi connectivity index (χ1n) is 4.92. The van der Waals surface area contributed by atoms with E-state index < -0.39 is 5.97 Å². The molecule has 0 unspecified atom stereocenters. The molecule has 0 aliphatic heterocycles. The minimum absolute atomic E-state index is 0.0459. The number of hydrogen-bond donors (Lipinski definition) is 1. The highest BCUT2D eigenvalue weighted by atomic mass is 16.4. The van der Waals surface area contributed by atoms with Crippen LogP contribution in [0, 0.1) is 18.3 Å². The molecule has 2 rings (SSSR count). The van der Waals surface area contributed by atoms with Gasteiger partial charge in [0.25, 0.3) is 0 Å². The first kappa shape index (κ1) is 10.9. The van der Waals surface area contributed by atoms with Crippen LogP contribution in [0.2, 0.25) is 0 Å². The molecule has 0 amide bonds. The van der Waals surface area contributed by atoms with Crippen LogP contribution < -0.4 is 0 Å².